The summed E-state index contributed by atoms with van der Waals surface area (Å²) in [7, 11) is 0. The first-order chi connectivity index (χ1) is 10.8. The number of rotatable bonds is 5. The van der Waals surface area contributed by atoms with E-state index in [1.54, 1.807) is 0 Å². The van der Waals surface area contributed by atoms with Crippen LogP contribution >= 0.6 is 11.3 Å². The molecule has 0 saturated heterocycles. The molecule has 2 aromatic rings. The fraction of sp³-hybridized carbons (Fsp3) is 0.400. The first-order valence-corrected chi connectivity index (χ1v) is 7.99. The van der Waals surface area contributed by atoms with Crippen LogP contribution in [0, 0.1) is 0 Å². The van der Waals surface area contributed by atoms with Gasteiger partial charge in [-0.1, -0.05) is 20.3 Å². The minimum absolute atomic E-state index is 0.234. The number of thiazole rings is 1. The van der Waals surface area contributed by atoms with Crippen molar-refractivity contribution in [3.63, 3.8) is 0 Å². The van der Waals surface area contributed by atoms with Gasteiger partial charge in [-0.3, -0.25) is 4.79 Å². The predicted molar refractivity (Wildman–Crippen MR) is 84.1 cm³/mol. The molecule has 2 heterocycles. The molecule has 2 rings (SSSR count). The van der Waals surface area contributed by atoms with Crippen molar-refractivity contribution < 1.29 is 13.2 Å². The highest BCUT2D eigenvalue weighted by Gasteiger charge is 2.33. The fourth-order valence-corrected chi connectivity index (χ4v) is 2.77. The van der Waals surface area contributed by atoms with Crippen molar-refractivity contribution in [2.45, 2.75) is 39.3 Å². The lowest BCUT2D eigenvalue weighted by Crippen LogP contribution is -2.12. The normalized spacial score (nSPS) is 12.7. The largest absolute Gasteiger partial charge is 0.427 e. The molecule has 0 saturated carbocycles. The van der Waals surface area contributed by atoms with E-state index in [0.29, 0.717) is 41.3 Å². The Hall–Kier alpha value is -1.96. The summed E-state index contributed by atoms with van der Waals surface area (Å²) in [6, 6.07) is 1.44. The lowest BCUT2D eigenvalue weighted by molar-refractivity contribution is -0.134. The maximum Gasteiger partial charge on any atom is 0.427 e. The summed E-state index contributed by atoms with van der Waals surface area (Å²) in [4.78, 5) is 21.8. The molecule has 124 valence electrons. The third kappa shape index (κ3) is 4.51. The minimum Gasteiger partial charge on any atom is -0.307 e. The molecule has 23 heavy (non-hydrogen) atoms. The molecule has 0 radical (unpaired) electrons. The average Bonchev–Trinajstić information content (AvgIpc) is 2.93. The highest BCUT2D eigenvalue weighted by molar-refractivity contribution is 7.12. The number of nitrogens with one attached hydrogen (secondary N) is 1. The Morgan fingerprint density at radius 3 is 2.70 bits per heavy atom. The number of halogens is 3. The van der Waals surface area contributed by atoms with Crippen molar-refractivity contribution in [3.05, 3.63) is 44.0 Å². The van der Waals surface area contributed by atoms with Crippen LogP contribution in [0.15, 0.2) is 17.1 Å². The Kier molecular flexibility index (Phi) is 5.35. The van der Waals surface area contributed by atoms with Gasteiger partial charge in [0.25, 0.3) is 5.56 Å². The summed E-state index contributed by atoms with van der Waals surface area (Å²) >= 11 is 0.565. The van der Waals surface area contributed by atoms with Crippen molar-refractivity contribution >= 4 is 23.0 Å². The Bertz CT molecular complexity index is 762. The monoisotopic (exact) mass is 343 g/mol. The van der Waals surface area contributed by atoms with Crippen LogP contribution in [-0.4, -0.2) is 15.0 Å². The van der Waals surface area contributed by atoms with E-state index in [1.165, 1.54) is 12.1 Å². The number of aromatic amines is 1. The topological polar surface area (TPSA) is 58.6 Å². The van der Waals surface area contributed by atoms with Gasteiger partial charge in [-0.05, 0) is 24.5 Å². The van der Waals surface area contributed by atoms with Crippen LogP contribution in [0.1, 0.15) is 48.1 Å². The summed E-state index contributed by atoms with van der Waals surface area (Å²) in [6.45, 7) is 3.82. The maximum atomic E-state index is 12.6. The van der Waals surface area contributed by atoms with E-state index in [9.17, 15) is 18.0 Å². The van der Waals surface area contributed by atoms with E-state index in [4.69, 9.17) is 0 Å². The molecule has 0 aliphatic heterocycles. The van der Waals surface area contributed by atoms with Crippen molar-refractivity contribution in [3.8, 4) is 0 Å². The van der Waals surface area contributed by atoms with Gasteiger partial charge in [0, 0.05) is 11.8 Å². The van der Waals surface area contributed by atoms with E-state index in [-0.39, 0.29) is 10.6 Å². The maximum absolute atomic E-state index is 12.6. The minimum atomic E-state index is -4.40. The van der Waals surface area contributed by atoms with E-state index in [2.05, 4.69) is 15.0 Å². The third-order valence-electron chi connectivity index (χ3n) is 3.09. The molecule has 4 nitrogen and oxygen atoms in total. The number of hydrogen-bond acceptors (Lipinski definition) is 4. The molecule has 1 N–H and O–H groups in total. The van der Waals surface area contributed by atoms with E-state index in [1.807, 2.05) is 13.8 Å². The number of nitrogens with zero attached hydrogens (tertiary/aromatic N) is 2. The predicted octanol–water partition coefficient (Wildman–Crippen LogP) is 4.15. The van der Waals surface area contributed by atoms with Gasteiger partial charge in [-0.2, -0.15) is 13.2 Å². The molecule has 0 unspecified atom stereocenters. The summed E-state index contributed by atoms with van der Waals surface area (Å²) < 4.78 is 37.9. The Labute approximate surface area is 135 Å². The SMILES string of the molecule is CCCc1cc(=O)[nH]c(C(=Cc2ncc(C(F)(F)F)s2)CC)n1. The van der Waals surface area contributed by atoms with Gasteiger partial charge in [0.15, 0.2) is 0 Å². The molecular formula is C15H16F3N3OS. The van der Waals surface area contributed by atoms with E-state index in [0.717, 1.165) is 12.6 Å². The van der Waals surface area contributed by atoms with Crippen LogP contribution in [0.4, 0.5) is 13.2 Å². The smallest absolute Gasteiger partial charge is 0.307 e. The van der Waals surface area contributed by atoms with Crippen LogP contribution in [-0.2, 0) is 12.6 Å². The second-order valence-electron chi connectivity index (χ2n) is 4.92. The fourth-order valence-electron chi connectivity index (χ4n) is 2.02. The molecule has 0 amide bonds. The summed E-state index contributed by atoms with van der Waals surface area (Å²) in [5, 5.41) is 0.234. The zero-order valence-corrected chi connectivity index (χ0v) is 13.5. The molecule has 0 fully saturated rings. The quantitative estimate of drug-likeness (QED) is 0.887. The number of H-pyrrole nitrogens is 1. The number of alkyl halides is 3. The zero-order chi connectivity index (χ0) is 17.0. The van der Waals surface area contributed by atoms with Gasteiger partial charge in [0.1, 0.15) is 15.7 Å². The van der Waals surface area contributed by atoms with Crippen LogP contribution in [0.2, 0.25) is 0 Å². The van der Waals surface area contributed by atoms with Crippen molar-refractivity contribution in [1.29, 1.82) is 0 Å². The first kappa shape index (κ1) is 17.4. The van der Waals surface area contributed by atoms with Crippen LogP contribution in [0.3, 0.4) is 0 Å². The second-order valence-corrected chi connectivity index (χ2v) is 5.98. The van der Waals surface area contributed by atoms with Crippen molar-refractivity contribution in [1.82, 2.24) is 15.0 Å². The number of hydrogen-bond donors (Lipinski definition) is 1. The molecule has 8 heteroatoms. The van der Waals surface area contributed by atoms with Crippen molar-refractivity contribution in [2.24, 2.45) is 0 Å². The molecule has 0 bridgehead atoms. The van der Waals surface area contributed by atoms with Gasteiger partial charge in [0.2, 0.25) is 0 Å². The van der Waals surface area contributed by atoms with Crippen LogP contribution in [0.5, 0.6) is 0 Å². The molecule has 0 aromatic carbocycles. The van der Waals surface area contributed by atoms with E-state index >= 15 is 0 Å². The lowest BCUT2D eigenvalue weighted by atomic mass is 10.1. The Balaban J connectivity index is 2.39. The lowest BCUT2D eigenvalue weighted by Gasteiger charge is -2.05. The molecule has 0 atom stereocenters. The zero-order valence-electron chi connectivity index (χ0n) is 12.7. The summed E-state index contributed by atoms with van der Waals surface area (Å²) in [5.74, 6) is 0.382. The van der Waals surface area contributed by atoms with Crippen LogP contribution < -0.4 is 5.56 Å². The second kappa shape index (κ2) is 7.08. The van der Waals surface area contributed by atoms with E-state index < -0.39 is 11.1 Å². The number of allylic oxidation sites excluding steroid dienone is 1. The summed E-state index contributed by atoms with van der Waals surface area (Å²) in [5.41, 5.74) is 1.04. The van der Waals surface area contributed by atoms with Crippen molar-refractivity contribution in [2.75, 3.05) is 0 Å². The van der Waals surface area contributed by atoms with Gasteiger partial charge in [-0.15, -0.1) is 11.3 Å². The highest BCUT2D eigenvalue weighted by Crippen LogP contribution is 2.34. The summed E-state index contributed by atoms with van der Waals surface area (Å²) in [6.07, 6.45) is -0.0174. The number of aromatic nitrogens is 3. The molecular weight excluding hydrogens is 327 g/mol. The Morgan fingerprint density at radius 1 is 1.39 bits per heavy atom. The van der Waals surface area contributed by atoms with Crippen LogP contribution in [0.25, 0.3) is 11.6 Å². The number of aryl methyl sites for hydroxylation is 1. The molecule has 0 spiro atoms. The first-order valence-electron chi connectivity index (χ1n) is 7.17. The molecule has 0 aliphatic rings. The highest BCUT2D eigenvalue weighted by atomic mass is 32.1. The van der Waals surface area contributed by atoms with Gasteiger partial charge in [-0.25, -0.2) is 9.97 Å². The van der Waals surface area contributed by atoms with Gasteiger partial charge < -0.3 is 4.98 Å². The molecule has 2 aromatic heterocycles. The Morgan fingerprint density at radius 2 is 2.13 bits per heavy atom. The standard InChI is InChI=1S/C15H16F3N3OS/c1-3-5-10-7-12(22)21-14(20-10)9(4-2)6-13-19-8-11(23-13)15(16,17)18/h6-8H,3-5H2,1-2H3,(H,20,21,22). The van der Waals surface area contributed by atoms with Gasteiger partial charge in [0.05, 0.1) is 6.20 Å². The average molecular weight is 343 g/mol. The molecule has 0 aliphatic carbocycles. The van der Waals surface area contributed by atoms with Gasteiger partial charge >= 0.3 is 6.18 Å². The third-order valence-corrected chi connectivity index (χ3v) is 4.08.